The monoisotopic (exact) mass is 327 g/mol. The summed E-state index contributed by atoms with van der Waals surface area (Å²) < 4.78 is 75.0. The molecule has 0 amide bonds. The summed E-state index contributed by atoms with van der Waals surface area (Å²) in [4.78, 5) is -1.20. The lowest BCUT2D eigenvalue weighted by molar-refractivity contribution is 0.176. The maximum atomic E-state index is 13.4. The number of rotatable bonds is 3. The molecule has 1 aliphatic rings. The third-order valence-electron chi connectivity index (χ3n) is 2.82. The quantitative estimate of drug-likeness (QED) is 0.772. The molecule has 0 aromatic heterocycles. The van der Waals surface area contributed by atoms with E-state index in [-0.39, 0.29) is 0 Å². The predicted molar refractivity (Wildman–Crippen MR) is 65.1 cm³/mol. The number of sulfone groups is 1. The van der Waals surface area contributed by atoms with Gasteiger partial charge in [0.2, 0.25) is 10.0 Å². The SMILES string of the molecule is O=S1(=O)C[C@@H](O)[C@H](NS(=O)(=O)c2c(F)cccc2F)C1. The average molecular weight is 327 g/mol. The first kappa shape index (κ1) is 15.3. The summed E-state index contributed by atoms with van der Waals surface area (Å²) in [6.07, 6.45) is -1.45. The van der Waals surface area contributed by atoms with E-state index in [0.29, 0.717) is 0 Å². The van der Waals surface area contributed by atoms with Crippen LogP contribution in [-0.4, -0.2) is 45.6 Å². The summed E-state index contributed by atoms with van der Waals surface area (Å²) >= 11 is 0. The first-order valence-corrected chi connectivity index (χ1v) is 8.78. The van der Waals surface area contributed by atoms with Crippen LogP contribution in [0.25, 0.3) is 0 Å². The van der Waals surface area contributed by atoms with Crippen molar-refractivity contribution < 1.29 is 30.7 Å². The molecular weight excluding hydrogens is 316 g/mol. The van der Waals surface area contributed by atoms with Crippen LogP contribution in [0.1, 0.15) is 0 Å². The van der Waals surface area contributed by atoms with E-state index in [0.717, 1.165) is 18.2 Å². The van der Waals surface area contributed by atoms with Crippen LogP contribution in [0.3, 0.4) is 0 Å². The van der Waals surface area contributed by atoms with E-state index in [1.807, 2.05) is 4.72 Å². The van der Waals surface area contributed by atoms with Gasteiger partial charge < -0.3 is 5.11 Å². The number of sulfonamides is 1. The Labute approximate surface area is 114 Å². The van der Waals surface area contributed by atoms with Crippen molar-refractivity contribution in [1.29, 1.82) is 0 Å². The molecule has 0 aliphatic carbocycles. The Bertz CT molecular complexity index is 712. The third-order valence-corrected chi connectivity index (χ3v) is 6.07. The Hall–Kier alpha value is -1.10. The Morgan fingerprint density at radius 1 is 1.20 bits per heavy atom. The van der Waals surface area contributed by atoms with E-state index in [2.05, 4.69) is 0 Å². The summed E-state index contributed by atoms with van der Waals surface area (Å²) in [6.45, 7) is 0. The maximum absolute atomic E-state index is 13.4. The average Bonchev–Trinajstić information content (AvgIpc) is 2.49. The van der Waals surface area contributed by atoms with Gasteiger partial charge in [0.1, 0.15) is 11.6 Å². The first-order valence-electron chi connectivity index (χ1n) is 5.47. The molecule has 1 fully saturated rings. The highest BCUT2D eigenvalue weighted by atomic mass is 32.2. The molecule has 0 bridgehead atoms. The Morgan fingerprint density at radius 3 is 2.20 bits per heavy atom. The minimum absolute atomic E-state index is 0.597. The Balaban J connectivity index is 2.34. The molecule has 1 saturated heterocycles. The van der Waals surface area contributed by atoms with Crippen LogP contribution < -0.4 is 4.72 Å². The predicted octanol–water partition coefficient (Wildman–Crippen LogP) is -0.599. The molecule has 1 aliphatic heterocycles. The van der Waals surface area contributed by atoms with Crippen molar-refractivity contribution in [2.75, 3.05) is 11.5 Å². The van der Waals surface area contributed by atoms with Crippen molar-refractivity contribution in [3.05, 3.63) is 29.8 Å². The van der Waals surface area contributed by atoms with Gasteiger partial charge in [0.25, 0.3) is 0 Å². The van der Waals surface area contributed by atoms with Crippen LogP contribution in [0.2, 0.25) is 0 Å². The van der Waals surface area contributed by atoms with E-state index < -0.39 is 60.0 Å². The van der Waals surface area contributed by atoms with Gasteiger partial charge in [-0.15, -0.1) is 0 Å². The summed E-state index contributed by atoms with van der Waals surface area (Å²) in [5, 5.41) is 9.48. The topological polar surface area (TPSA) is 101 Å². The first-order chi connectivity index (χ1) is 9.12. The minimum Gasteiger partial charge on any atom is -0.390 e. The largest absolute Gasteiger partial charge is 0.390 e. The van der Waals surface area contributed by atoms with Crippen LogP contribution in [0.4, 0.5) is 8.78 Å². The van der Waals surface area contributed by atoms with E-state index in [4.69, 9.17) is 0 Å². The number of hydrogen-bond donors (Lipinski definition) is 2. The second kappa shape index (κ2) is 5.02. The lowest BCUT2D eigenvalue weighted by atomic mass is 10.2. The molecule has 0 saturated carbocycles. The smallest absolute Gasteiger partial charge is 0.246 e. The van der Waals surface area contributed by atoms with Gasteiger partial charge in [0.05, 0.1) is 23.7 Å². The van der Waals surface area contributed by atoms with Crippen LogP contribution >= 0.6 is 0 Å². The number of aliphatic hydroxyl groups excluding tert-OH is 1. The zero-order valence-electron chi connectivity index (χ0n) is 9.95. The zero-order chi connectivity index (χ0) is 15.1. The highest BCUT2D eigenvalue weighted by Gasteiger charge is 2.40. The van der Waals surface area contributed by atoms with E-state index in [1.165, 1.54) is 0 Å². The Morgan fingerprint density at radius 2 is 1.75 bits per heavy atom. The normalized spacial score (nSPS) is 25.8. The highest BCUT2D eigenvalue weighted by Crippen LogP contribution is 2.21. The van der Waals surface area contributed by atoms with Crippen molar-refractivity contribution >= 4 is 19.9 Å². The summed E-state index contributed by atoms with van der Waals surface area (Å²) in [5.74, 6) is -3.82. The van der Waals surface area contributed by atoms with Gasteiger partial charge in [-0.3, -0.25) is 0 Å². The fourth-order valence-corrected chi connectivity index (χ4v) is 5.19. The molecule has 0 spiro atoms. The molecule has 0 radical (unpaired) electrons. The Kier molecular flexibility index (Phi) is 3.84. The molecule has 1 aromatic rings. The highest BCUT2D eigenvalue weighted by molar-refractivity contribution is 7.92. The number of halogens is 2. The fourth-order valence-electron chi connectivity index (χ4n) is 1.94. The van der Waals surface area contributed by atoms with Crippen molar-refractivity contribution in [3.8, 4) is 0 Å². The van der Waals surface area contributed by atoms with Crippen molar-refractivity contribution in [2.45, 2.75) is 17.0 Å². The summed E-state index contributed by atoms with van der Waals surface area (Å²) in [5.41, 5.74) is 0. The van der Waals surface area contributed by atoms with Crippen LogP contribution in [0, 0.1) is 11.6 Å². The molecule has 2 atom stereocenters. The number of hydrogen-bond acceptors (Lipinski definition) is 5. The van der Waals surface area contributed by atoms with Gasteiger partial charge in [-0.1, -0.05) is 6.07 Å². The van der Waals surface area contributed by atoms with Gasteiger partial charge >= 0.3 is 0 Å². The second-order valence-corrected chi connectivity index (χ2v) is 8.23. The van der Waals surface area contributed by atoms with E-state index >= 15 is 0 Å². The molecule has 1 aromatic carbocycles. The number of nitrogens with one attached hydrogen (secondary N) is 1. The number of benzene rings is 1. The molecule has 20 heavy (non-hydrogen) atoms. The molecule has 0 unspecified atom stereocenters. The summed E-state index contributed by atoms with van der Waals surface area (Å²) in [6, 6.07) is 1.20. The molecular formula is C10H11F2NO5S2. The fraction of sp³-hybridized carbons (Fsp3) is 0.400. The maximum Gasteiger partial charge on any atom is 0.246 e. The van der Waals surface area contributed by atoms with Gasteiger partial charge in [0.15, 0.2) is 14.7 Å². The molecule has 6 nitrogen and oxygen atoms in total. The lowest BCUT2D eigenvalue weighted by Gasteiger charge is -2.15. The number of aliphatic hydroxyl groups is 1. The zero-order valence-corrected chi connectivity index (χ0v) is 11.6. The summed E-state index contributed by atoms with van der Waals surface area (Å²) in [7, 11) is -8.20. The van der Waals surface area contributed by atoms with Gasteiger partial charge in [-0.05, 0) is 12.1 Å². The van der Waals surface area contributed by atoms with E-state index in [9.17, 15) is 30.7 Å². The minimum atomic E-state index is -4.61. The van der Waals surface area contributed by atoms with Crippen LogP contribution in [-0.2, 0) is 19.9 Å². The van der Waals surface area contributed by atoms with Crippen molar-refractivity contribution in [3.63, 3.8) is 0 Å². The second-order valence-electron chi connectivity index (χ2n) is 4.42. The van der Waals surface area contributed by atoms with Gasteiger partial charge in [-0.2, -0.15) is 0 Å². The van der Waals surface area contributed by atoms with Crippen molar-refractivity contribution in [2.24, 2.45) is 0 Å². The van der Waals surface area contributed by atoms with Gasteiger partial charge in [0, 0.05) is 0 Å². The van der Waals surface area contributed by atoms with E-state index in [1.54, 1.807) is 0 Å². The van der Waals surface area contributed by atoms with Crippen LogP contribution in [0.5, 0.6) is 0 Å². The molecule has 2 N–H and O–H groups in total. The van der Waals surface area contributed by atoms with Crippen molar-refractivity contribution in [1.82, 2.24) is 4.72 Å². The molecule has 2 rings (SSSR count). The third kappa shape index (κ3) is 2.97. The standard InChI is InChI=1S/C10H11F2NO5S2/c11-6-2-1-3-7(12)10(6)20(17,18)13-8-4-19(15,16)5-9(8)14/h1-3,8-9,13-14H,4-5H2/t8-,9-/m1/s1. The van der Waals surface area contributed by atoms with Crippen LogP contribution in [0.15, 0.2) is 23.1 Å². The van der Waals surface area contributed by atoms with Gasteiger partial charge in [-0.25, -0.2) is 30.3 Å². The molecule has 112 valence electrons. The molecule has 10 heteroatoms. The molecule has 1 heterocycles. The lowest BCUT2D eigenvalue weighted by Crippen LogP contribution is -2.43.